The molecule has 5 nitrogen and oxygen atoms in total. The van der Waals surface area contributed by atoms with Gasteiger partial charge in [0.25, 0.3) is 0 Å². The zero-order chi connectivity index (χ0) is 21.9. The van der Waals surface area contributed by atoms with Crippen LogP contribution in [0, 0.1) is 0 Å². The minimum absolute atomic E-state index is 0.141. The molecule has 1 fully saturated rings. The monoisotopic (exact) mass is 494 g/mol. The van der Waals surface area contributed by atoms with Crippen LogP contribution in [0.5, 0.6) is 0 Å². The molecule has 1 N–H and O–H groups in total. The summed E-state index contributed by atoms with van der Waals surface area (Å²) in [6.45, 7) is 2.35. The molecule has 0 amide bonds. The van der Waals surface area contributed by atoms with E-state index in [1.165, 1.54) is 7.11 Å². The average Bonchev–Trinajstić information content (AvgIpc) is 2.93. The van der Waals surface area contributed by atoms with Gasteiger partial charge in [-0.1, -0.05) is 58.5 Å². The number of aliphatic hydroxyl groups is 1. The van der Waals surface area contributed by atoms with Gasteiger partial charge in [0.2, 0.25) is 0 Å². The Morgan fingerprint density at radius 1 is 0.967 bits per heavy atom. The summed E-state index contributed by atoms with van der Waals surface area (Å²) in [5.74, 6) is 0. The normalized spacial score (nSPS) is 26.3. The summed E-state index contributed by atoms with van der Waals surface area (Å²) in [7, 11) is 1.46. The van der Waals surface area contributed by atoms with Gasteiger partial charge in [-0.3, -0.25) is 0 Å². The van der Waals surface area contributed by atoms with Crippen molar-refractivity contribution >= 4 is 46.4 Å². The maximum absolute atomic E-state index is 10.6. The number of benzene rings is 2. The smallest absolute Gasteiger partial charge is 0.186 e. The standard InChI is InChI=1S/C21H22Cl4O5/c1-21(11-28-9-12-3-5-14(22)7-16(12)24)19(18(26)20(27-2)30-21)29-10-13-4-6-15(23)8-17(13)25/h3-8,18-20,26H,9-11H2,1-2H3/t18-,19+,20?,21-/m1/s1. The number of hydrogen-bond acceptors (Lipinski definition) is 5. The van der Waals surface area contributed by atoms with Crippen LogP contribution in [0.3, 0.4) is 0 Å². The first-order valence-corrected chi connectivity index (χ1v) is 10.7. The first kappa shape index (κ1) is 24.1. The van der Waals surface area contributed by atoms with Crippen molar-refractivity contribution in [2.75, 3.05) is 13.7 Å². The molecular formula is C21H22Cl4O5. The molecule has 1 saturated heterocycles. The van der Waals surface area contributed by atoms with Gasteiger partial charge in [-0.15, -0.1) is 0 Å². The highest BCUT2D eigenvalue weighted by molar-refractivity contribution is 6.35. The topological polar surface area (TPSA) is 57.2 Å². The molecule has 1 aliphatic rings. The van der Waals surface area contributed by atoms with Crippen LogP contribution in [-0.4, -0.2) is 42.9 Å². The van der Waals surface area contributed by atoms with Crippen LogP contribution in [-0.2, 0) is 32.2 Å². The number of methoxy groups -OCH3 is 1. The molecule has 0 spiro atoms. The predicted molar refractivity (Wildman–Crippen MR) is 117 cm³/mol. The molecule has 0 radical (unpaired) electrons. The summed E-state index contributed by atoms with van der Waals surface area (Å²) in [5.41, 5.74) is 0.569. The molecule has 0 aliphatic carbocycles. The third kappa shape index (κ3) is 5.60. The van der Waals surface area contributed by atoms with E-state index in [1.54, 1.807) is 43.3 Å². The second-order valence-corrected chi connectivity index (χ2v) is 8.91. The summed E-state index contributed by atoms with van der Waals surface area (Å²) < 4.78 is 23.0. The fraction of sp³-hybridized carbons (Fsp3) is 0.429. The van der Waals surface area contributed by atoms with Crippen molar-refractivity contribution in [2.45, 2.75) is 44.2 Å². The molecule has 1 unspecified atom stereocenters. The number of ether oxygens (including phenoxy) is 4. The second-order valence-electron chi connectivity index (χ2n) is 7.22. The molecule has 1 heterocycles. The van der Waals surface area contributed by atoms with Gasteiger partial charge in [-0.05, 0) is 42.3 Å². The first-order chi connectivity index (χ1) is 14.2. The van der Waals surface area contributed by atoms with Gasteiger partial charge in [-0.2, -0.15) is 0 Å². The molecule has 1 aliphatic heterocycles. The molecule has 30 heavy (non-hydrogen) atoms. The second kappa shape index (κ2) is 10.3. The van der Waals surface area contributed by atoms with E-state index in [1.807, 2.05) is 0 Å². The van der Waals surface area contributed by atoms with Crippen molar-refractivity contribution in [1.82, 2.24) is 0 Å². The maximum atomic E-state index is 10.6. The van der Waals surface area contributed by atoms with Gasteiger partial charge in [0, 0.05) is 27.2 Å². The fourth-order valence-electron chi connectivity index (χ4n) is 3.31. The lowest BCUT2D eigenvalue weighted by Gasteiger charge is -2.30. The van der Waals surface area contributed by atoms with Crippen molar-refractivity contribution in [3.8, 4) is 0 Å². The quantitative estimate of drug-likeness (QED) is 0.522. The van der Waals surface area contributed by atoms with E-state index in [9.17, 15) is 5.11 Å². The van der Waals surface area contributed by atoms with E-state index >= 15 is 0 Å². The number of aliphatic hydroxyl groups excluding tert-OH is 1. The molecule has 4 atom stereocenters. The molecule has 3 rings (SSSR count). The van der Waals surface area contributed by atoms with Crippen molar-refractivity contribution < 1.29 is 24.1 Å². The lowest BCUT2D eigenvalue weighted by atomic mass is 9.98. The van der Waals surface area contributed by atoms with E-state index in [0.29, 0.717) is 20.1 Å². The highest BCUT2D eigenvalue weighted by Gasteiger charge is 2.53. The van der Waals surface area contributed by atoms with E-state index in [-0.39, 0.29) is 19.8 Å². The van der Waals surface area contributed by atoms with Gasteiger partial charge in [0.15, 0.2) is 6.29 Å². The van der Waals surface area contributed by atoms with Crippen LogP contribution in [0.2, 0.25) is 20.1 Å². The van der Waals surface area contributed by atoms with E-state index in [2.05, 4.69) is 0 Å². The zero-order valence-electron chi connectivity index (χ0n) is 16.4. The third-order valence-corrected chi connectivity index (χ3v) is 6.08. The average molecular weight is 496 g/mol. The van der Waals surface area contributed by atoms with Crippen molar-refractivity contribution in [1.29, 1.82) is 0 Å². The molecule has 2 aromatic rings. The lowest BCUT2D eigenvalue weighted by molar-refractivity contribution is -0.190. The van der Waals surface area contributed by atoms with Crippen LogP contribution >= 0.6 is 46.4 Å². The Morgan fingerprint density at radius 3 is 2.07 bits per heavy atom. The Labute approximate surface area is 195 Å². The van der Waals surface area contributed by atoms with E-state index < -0.39 is 24.1 Å². The lowest BCUT2D eigenvalue weighted by Crippen LogP contribution is -2.46. The Balaban J connectivity index is 1.67. The first-order valence-electron chi connectivity index (χ1n) is 9.19. The third-order valence-electron chi connectivity index (χ3n) is 4.90. The summed E-state index contributed by atoms with van der Waals surface area (Å²) in [4.78, 5) is 0. The zero-order valence-corrected chi connectivity index (χ0v) is 19.4. The van der Waals surface area contributed by atoms with Crippen molar-refractivity contribution in [2.24, 2.45) is 0 Å². The summed E-state index contributed by atoms with van der Waals surface area (Å²) in [5, 5.41) is 12.7. The van der Waals surface area contributed by atoms with Gasteiger partial charge in [0.1, 0.15) is 17.8 Å². The van der Waals surface area contributed by atoms with Gasteiger partial charge < -0.3 is 24.1 Å². The van der Waals surface area contributed by atoms with Crippen LogP contribution in [0.25, 0.3) is 0 Å². The highest BCUT2D eigenvalue weighted by atomic mass is 35.5. The Morgan fingerprint density at radius 2 is 1.53 bits per heavy atom. The molecular weight excluding hydrogens is 474 g/mol. The summed E-state index contributed by atoms with van der Waals surface area (Å²) in [6.07, 6.45) is -2.56. The summed E-state index contributed by atoms with van der Waals surface area (Å²) in [6, 6.07) is 10.3. The van der Waals surface area contributed by atoms with Gasteiger partial charge >= 0.3 is 0 Å². The van der Waals surface area contributed by atoms with Crippen molar-refractivity contribution in [3.63, 3.8) is 0 Å². The molecule has 0 aromatic heterocycles. The summed E-state index contributed by atoms with van der Waals surface area (Å²) >= 11 is 24.3. The number of rotatable bonds is 8. The van der Waals surface area contributed by atoms with E-state index in [4.69, 9.17) is 65.4 Å². The Bertz CT molecular complexity index is 880. The molecule has 164 valence electrons. The molecule has 9 heteroatoms. The van der Waals surface area contributed by atoms with Crippen LogP contribution in [0.15, 0.2) is 36.4 Å². The minimum atomic E-state index is -1.01. The highest BCUT2D eigenvalue weighted by Crippen LogP contribution is 2.35. The Kier molecular flexibility index (Phi) is 8.29. The van der Waals surface area contributed by atoms with Crippen LogP contribution in [0.4, 0.5) is 0 Å². The molecule has 2 aromatic carbocycles. The van der Waals surface area contributed by atoms with Crippen LogP contribution in [0.1, 0.15) is 18.1 Å². The number of halogens is 4. The SMILES string of the molecule is COC1O[C@](C)(COCc2ccc(Cl)cc2Cl)[C@@H](OCc2ccc(Cl)cc2Cl)[C@H]1O. The van der Waals surface area contributed by atoms with Gasteiger partial charge in [0.05, 0.1) is 19.8 Å². The molecule has 0 saturated carbocycles. The van der Waals surface area contributed by atoms with Gasteiger partial charge in [-0.25, -0.2) is 0 Å². The fourth-order valence-corrected chi connectivity index (χ4v) is 4.23. The predicted octanol–water partition coefficient (Wildman–Crippen LogP) is 5.52. The minimum Gasteiger partial charge on any atom is -0.385 e. The number of hydrogen-bond donors (Lipinski definition) is 1. The van der Waals surface area contributed by atoms with Crippen LogP contribution < -0.4 is 0 Å². The van der Waals surface area contributed by atoms with Crippen molar-refractivity contribution in [3.05, 3.63) is 67.6 Å². The Hall–Kier alpha value is -0.600. The molecule has 0 bridgehead atoms. The maximum Gasteiger partial charge on any atom is 0.186 e. The largest absolute Gasteiger partial charge is 0.385 e. The van der Waals surface area contributed by atoms with E-state index in [0.717, 1.165) is 11.1 Å².